The molecule has 1 amide bonds. The molecular formula is C11H13BrN4O. The Kier molecular flexibility index (Phi) is 3.63. The monoisotopic (exact) mass is 296 g/mol. The van der Waals surface area contributed by atoms with Crippen molar-refractivity contribution in [1.82, 2.24) is 19.9 Å². The zero-order chi connectivity index (χ0) is 12.3. The average molecular weight is 297 g/mol. The molecule has 2 aromatic rings. The number of amides is 1. The molecule has 90 valence electrons. The molecule has 0 aliphatic rings. The highest BCUT2D eigenvalue weighted by molar-refractivity contribution is 9.10. The number of halogens is 1. The lowest BCUT2D eigenvalue weighted by atomic mass is 10.3. The molecule has 2 N–H and O–H groups in total. The number of aromatic nitrogens is 3. The van der Waals surface area contributed by atoms with Crippen molar-refractivity contribution in [3.05, 3.63) is 41.2 Å². The summed E-state index contributed by atoms with van der Waals surface area (Å²) in [5.41, 5.74) is 0.550. The van der Waals surface area contributed by atoms with Gasteiger partial charge in [-0.05, 0) is 28.9 Å². The van der Waals surface area contributed by atoms with E-state index < -0.39 is 0 Å². The van der Waals surface area contributed by atoms with E-state index in [0.717, 1.165) is 4.47 Å². The summed E-state index contributed by atoms with van der Waals surface area (Å²) in [4.78, 5) is 18.7. The molecule has 0 spiro atoms. The molecule has 5 nitrogen and oxygen atoms in total. The minimum absolute atomic E-state index is 0.0405. The highest BCUT2D eigenvalue weighted by Crippen LogP contribution is 2.10. The van der Waals surface area contributed by atoms with Gasteiger partial charge in [-0.2, -0.15) is 0 Å². The van der Waals surface area contributed by atoms with Crippen molar-refractivity contribution < 1.29 is 4.79 Å². The summed E-state index contributed by atoms with van der Waals surface area (Å²) in [6.45, 7) is 2.66. The van der Waals surface area contributed by atoms with Crippen LogP contribution in [0.3, 0.4) is 0 Å². The van der Waals surface area contributed by atoms with Crippen LogP contribution in [0, 0.1) is 0 Å². The normalized spacial score (nSPS) is 12.4. The van der Waals surface area contributed by atoms with E-state index >= 15 is 0 Å². The molecule has 0 saturated carbocycles. The van der Waals surface area contributed by atoms with E-state index in [9.17, 15) is 4.79 Å². The van der Waals surface area contributed by atoms with Crippen molar-refractivity contribution in [2.75, 3.05) is 0 Å². The fraction of sp³-hybridized carbons (Fsp3) is 0.273. The van der Waals surface area contributed by atoms with Gasteiger partial charge in [-0.15, -0.1) is 0 Å². The standard InChI is InChI=1S/C11H13BrN4O/c1-8(6-16-3-2-13-7-16)15-11(17)10-4-9(12)5-14-10/h2-5,7-8,14H,6H2,1H3,(H,15,17)/t8-/m0/s1. The van der Waals surface area contributed by atoms with Gasteiger partial charge in [0.2, 0.25) is 0 Å². The molecule has 0 aliphatic carbocycles. The molecule has 2 heterocycles. The van der Waals surface area contributed by atoms with Gasteiger partial charge >= 0.3 is 0 Å². The average Bonchev–Trinajstić information content (AvgIpc) is 2.89. The van der Waals surface area contributed by atoms with Crippen LogP contribution in [0.5, 0.6) is 0 Å². The smallest absolute Gasteiger partial charge is 0.268 e. The first kappa shape index (κ1) is 11.9. The molecule has 0 aromatic carbocycles. The molecule has 0 radical (unpaired) electrons. The minimum atomic E-state index is -0.108. The Morgan fingerprint density at radius 3 is 3.12 bits per heavy atom. The predicted octanol–water partition coefficient (Wildman–Crippen LogP) is 1.79. The van der Waals surface area contributed by atoms with Gasteiger partial charge in [0.1, 0.15) is 5.69 Å². The number of hydrogen-bond acceptors (Lipinski definition) is 2. The second-order valence-electron chi connectivity index (χ2n) is 3.87. The lowest BCUT2D eigenvalue weighted by Crippen LogP contribution is -2.35. The lowest BCUT2D eigenvalue weighted by Gasteiger charge is -2.13. The molecule has 0 bridgehead atoms. The number of aromatic amines is 1. The maximum absolute atomic E-state index is 11.8. The zero-order valence-corrected chi connectivity index (χ0v) is 10.9. The van der Waals surface area contributed by atoms with E-state index in [1.807, 2.05) is 17.7 Å². The molecule has 0 fully saturated rings. The minimum Gasteiger partial charge on any atom is -0.356 e. The second kappa shape index (κ2) is 5.18. The number of nitrogens with zero attached hydrogens (tertiary/aromatic N) is 2. The van der Waals surface area contributed by atoms with Crippen molar-refractivity contribution in [1.29, 1.82) is 0 Å². The molecule has 0 saturated heterocycles. The van der Waals surface area contributed by atoms with Crippen LogP contribution in [0.1, 0.15) is 17.4 Å². The van der Waals surface area contributed by atoms with E-state index in [2.05, 4.69) is 31.2 Å². The van der Waals surface area contributed by atoms with Crippen molar-refractivity contribution in [3.63, 3.8) is 0 Å². The molecule has 0 unspecified atom stereocenters. The molecule has 1 atom stereocenters. The fourth-order valence-corrected chi connectivity index (χ4v) is 1.90. The molecule has 2 aromatic heterocycles. The van der Waals surface area contributed by atoms with Gasteiger partial charge in [0.05, 0.1) is 6.33 Å². The Hall–Kier alpha value is -1.56. The number of rotatable bonds is 4. The summed E-state index contributed by atoms with van der Waals surface area (Å²) in [5, 5.41) is 2.91. The van der Waals surface area contributed by atoms with Gasteiger partial charge in [-0.1, -0.05) is 0 Å². The van der Waals surface area contributed by atoms with Gasteiger partial charge in [-0.3, -0.25) is 4.79 Å². The third kappa shape index (κ3) is 3.20. The van der Waals surface area contributed by atoms with E-state index in [4.69, 9.17) is 0 Å². The summed E-state index contributed by atoms with van der Waals surface area (Å²) < 4.78 is 2.79. The quantitative estimate of drug-likeness (QED) is 0.904. The first-order valence-electron chi connectivity index (χ1n) is 5.25. The zero-order valence-electron chi connectivity index (χ0n) is 9.35. The molecular weight excluding hydrogens is 284 g/mol. The fourth-order valence-electron chi connectivity index (χ4n) is 1.56. The molecule has 2 rings (SSSR count). The van der Waals surface area contributed by atoms with Crippen LogP contribution < -0.4 is 5.32 Å². The first-order chi connectivity index (χ1) is 8.15. The topological polar surface area (TPSA) is 62.7 Å². The van der Waals surface area contributed by atoms with Gasteiger partial charge in [0.15, 0.2) is 0 Å². The van der Waals surface area contributed by atoms with Gasteiger partial charge in [0, 0.05) is 35.6 Å². The summed E-state index contributed by atoms with van der Waals surface area (Å²) in [5.74, 6) is -0.108. The SMILES string of the molecule is C[C@@H](Cn1ccnc1)NC(=O)c1cc(Br)c[nH]1. The Balaban J connectivity index is 1.90. The third-order valence-electron chi connectivity index (χ3n) is 2.31. The number of hydrogen-bond donors (Lipinski definition) is 2. The van der Waals surface area contributed by atoms with Gasteiger partial charge < -0.3 is 14.9 Å². The molecule has 6 heteroatoms. The third-order valence-corrected chi connectivity index (χ3v) is 2.77. The van der Waals surface area contributed by atoms with Gasteiger partial charge in [-0.25, -0.2) is 4.98 Å². The van der Waals surface area contributed by atoms with Crippen molar-refractivity contribution in [2.24, 2.45) is 0 Å². The number of H-pyrrole nitrogens is 1. The summed E-state index contributed by atoms with van der Waals surface area (Å²) >= 11 is 3.29. The van der Waals surface area contributed by atoms with E-state index in [1.165, 1.54) is 0 Å². The van der Waals surface area contributed by atoms with Crippen molar-refractivity contribution in [2.45, 2.75) is 19.5 Å². The van der Waals surface area contributed by atoms with Crippen LogP contribution >= 0.6 is 15.9 Å². The Labute approximate surface area is 107 Å². The van der Waals surface area contributed by atoms with Crippen LogP contribution in [0.15, 0.2) is 35.5 Å². The molecule has 17 heavy (non-hydrogen) atoms. The molecule has 0 aliphatic heterocycles. The first-order valence-corrected chi connectivity index (χ1v) is 6.05. The Morgan fingerprint density at radius 1 is 1.71 bits per heavy atom. The predicted molar refractivity (Wildman–Crippen MR) is 67.6 cm³/mol. The maximum Gasteiger partial charge on any atom is 0.268 e. The highest BCUT2D eigenvalue weighted by Gasteiger charge is 2.11. The number of nitrogens with one attached hydrogen (secondary N) is 2. The van der Waals surface area contributed by atoms with Crippen molar-refractivity contribution in [3.8, 4) is 0 Å². The second-order valence-corrected chi connectivity index (χ2v) is 4.78. The summed E-state index contributed by atoms with van der Waals surface area (Å²) in [6, 6.07) is 1.79. The largest absolute Gasteiger partial charge is 0.356 e. The van der Waals surface area contributed by atoms with Crippen LogP contribution in [-0.2, 0) is 6.54 Å². The van der Waals surface area contributed by atoms with Crippen LogP contribution in [-0.4, -0.2) is 26.5 Å². The van der Waals surface area contributed by atoms with Crippen LogP contribution in [0.2, 0.25) is 0 Å². The lowest BCUT2D eigenvalue weighted by molar-refractivity contribution is 0.0932. The number of carbonyl (C=O) groups is 1. The van der Waals surface area contributed by atoms with Crippen molar-refractivity contribution >= 4 is 21.8 Å². The highest BCUT2D eigenvalue weighted by atomic mass is 79.9. The van der Waals surface area contributed by atoms with E-state index in [1.54, 1.807) is 24.8 Å². The van der Waals surface area contributed by atoms with E-state index in [-0.39, 0.29) is 11.9 Å². The number of carbonyl (C=O) groups excluding carboxylic acids is 1. The Bertz CT molecular complexity index is 491. The van der Waals surface area contributed by atoms with E-state index in [0.29, 0.717) is 12.2 Å². The maximum atomic E-state index is 11.8. The van der Waals surface area contributed by atoms with Gasteiger partial charge in [0.25, 0.3) is 5.91 Å². The summed E-state index contributed by atoms with van der Waals surface area (Å²) in [7, 11) is 0. The van der Waals surface area contributed by atoms with Crippen LogP contribution in [0.25, 0.3) is 0 Å². The van der Waals surface area contributed by atoms with Crippen LogP contribution in [0.4, 0.5) is 0 Å². The number of imidazole rings is 1. The summed E-state index contributed by atoms with van der Waals surface area (Å²) in [6.07, 6.45) is 7.05. The Morgan fingerprint density at radius 2 is 2.53 bits per heavy atom.